The van der Waals surface area contributed by atoms with Crippen LogP contribution in [0.4, 0.5) is 17.3 Å². The Labute approximate surface area is 208 Å². The van der Waals surface area contributed by atoms with E-state index in [9.17, 15) is 4.79 Å². The van der Waals surface area contributed by atoms with E-state index in [1.807, 2.05) is 20.8 Å². The molecule has 4 aromatic rings. The maximum atomic E-state index is 12.8. The molecule has 0 fully saturated rings. The van der Waals surface area contributed by atoms with Crippen LogP contribution in [0.25, 0.3) is 0 Å². The van der Waals surface area contributed by atoms with Gasteiger partial charge in [0.2, 0.25) is 17.7 Å². The molecule has 0 aliphatic heterocycles. The highest BCUT2D eigenvalue weighted by molar-refractivity contribution is 6.04. The minimum atomic E-state index is -0.275. The summed E-state index contributed by atoms with van der Waals surface area (Å²) in [6, 6.07) is 17.3. The molecule has 10 heteroatoms. The van der Waals surface area contributed by atoms with Gasteiger partial charge >= 0.3 is 0 Å². The SMILES string of the molecule is COc1cc(OC)nc(Nc2cccc(C(=O)Nc3ccc(Oc4cc(C(C)(C)C)on4)cc3)c2)n1. The van der Waals surface area contributed by atoms with Gasteiger partial charge in [-0.15, -0.1) is 0 Å². The van der Waals surface area contributed by atoms with E-state index in [1.54, 1.807) is 60.7 Å². The third kappa shape index (κ3) is 6.09. The van der Waals surface area contributed by atoms with Crippen molar-refractivity contribution < 1.29 is 23.5 Å². The van der Waals surface area contributed by atoms with E-state index in [-0.39, 0.29) is 17.3 Å². The molecule has 0 unspecified atom stereocenters. The van der Waals surface area contributed by atoms with Crippen LogP contribution in [0.2, 0.25) is 0 Å². The minimum Gasteiger partial charge on any atom is -0.481 e. The van der Waals surface area contributed by atoms with E-state index in [0.717, 1.165) is 5.76 Å². The summed E-state index contributed by atoms with van der Waals surface area (Å²) in [7, 11) is 3.01. The topological polar surface area (TPSA) is 121 Å². The van der Waals surface area contributed by atoms with Crippen LogP contribution in [0, 0.1) is 0 Å². The highest BCUT2D eigenvalue weighted by Crippen LogP contribution is 2.29. The van der Waals surface area contributed by atoms with Crippen molar-refractivity contribution in [3.63, 3.8) is 0 Å². The average molecular weight is 490 g/mol. The lowest BCUT2D eigenvalue weighted by molar-refractivity contribution is 0.102. The number of carbonyl (C=O) groups is 1. The Morgan fingerprint density at radius 1 is 0.861 bits per heavy atom. The number of methoxy groups -OCH3 is 2. The van der Waals surface area contributed by atoms with Crippen LogP contribution in [0.5, 0.6) is 23.4 Å². The van der Waals surface area contributed by atoms with Gasteiger partial charge in [-0.3, -0.25) is 4.79 Å². The summed E-state index contributed by atoms with van der Waals surface area (Å²) in [6.45, 7) is 6.10. The molecule has 2 heterocycles. The average Bonchev–Trinajstić information content (AvgIpc) is 3.34. The second kappa shape index (κ2) is 10.3. The molecule has 0 saturated heterocycles. The minimum absolute atomic E-state index is 0.163. The summed E-state index contributed by atoms with van der Waals surface area (Å²) in [6.07, 6.45) is 0. The quantitative estimate of drug-likeness (QED) is 0.327. The summed E-state index contributed by atoms with van der Waals surface area (Å²) in [5.74, 6) is 2.38. The zero-order chi connectivity index (χ0) is 25.7. The molecule has 0 bridgehead atoms. The van der Waals surface area contributed by atoms with Gasteiger partial charge in [-0.05, 0) is 47.6 Å². The fourth-order valence-corrected chi connectivity index (χ4v) is 3.13. The normalized spacial score (nSPS) is 11.0. The van der Waals surface area contributed by atoms with Gasteiger partial charge in [0, 0.05) is 28.4 Å². The molecule has 36 heavy (non-hydrogen) atoms. The van der Waals surface area contributed by atoms with Gasteiger partial charge in [-0.25, -0.2) is 0 Å². The van der Waals surface area contributed by atoms with Crippen LogP contribution >= 0.6 is 0 Å². The van der Waals surface area contributed by atoms with Gasteiger partial charge in [-0.1, -0.05) is 26.8 Å². The van der Waals surface area contributed by atoms with Crippen molar-refractivity contribution in [2.24, 2.45) is 0 Å². The van der Waals surface area contributed by atoms with Crippen LogP contribution in [0.15, 0.2) is 65.2 Å². The smallest absolute Gasteiger partial charge is 0.259 e. The predicted octanol–water partition coefficient (Wildman–Crippen LogP) is 5.57. The van der Waals surface area contributed by atoms with Gasteiger partial charge in [0.15, 0.2) is 0 Å². The highest BCUT2D eigenvalue weighted by Gasteiger charge is 2.20. The largest absolute Gasteiger partial charge is 0.481 e. The first-order valence-electron chi connectivity index (χ1n) is 11.1. The lowest BCUT2D eigenvalue weighted by atomic mass is 9.94. The number of ether oxygens (including phenoxy) is 3. The molecule has 0 saturated carbocycles. The molecular weight excluding hydrogens is 462 g/mol. The molecule has 0 radical (unpaired) electrons. The van der Waals surface area contributed by atoms with Crippen LogP contribution in [0.3, 0.4) is 0 Å². The van der Waals surface area contributed by atoms with Crippen LogP contribution < -0.4 is 24.8 Å². The molecule has 2 aromatic carbocycles. The molecule has 186 valence electrons. The first-order chi connectivity index (χ1) is 17.2. The summed E-state index contributed by atoms with van der Waals surface area (Å²) in [5.41, 5.74) is 1.53. The number of nitrogens with zero attached hydrogens (tertiary/aromatic N) is 3. The van der Waals surface area contributed by atoms with Gasteiger partial charge in [0.05, 0.1) is 20.3 Å². The molecule has 0 aliphatic rings. The van der Waals surface area contributed by atoms with Gasteiger partial charge in [-0.2, -0.15) is 9.97 Å². The third-order valence-electron chi connectivity index (χ3n) is 5.04. The lowest BCUT2D eigenvalue weighted by Crippen LogP contribution is -2.12. The summed E-state index contributed by atoms with van der Waals surface area (Å²) < 4.78 is 21.4. The van der Waals surface area contributed by atoms with Crippen molar-refractivity contribution in [3.05, 3.63) is 72.0 Å². The molecule has 10 nitrogen and oxygen atoms in total. The van der Waals surface area contributed by atoms with Gasteiger partial charge < -0.3 is 29.4 Å². The molecule has 0 atom stereocenters. The van der Waals surface area contributed by atoms with Crippen molar-refractivity contribution >= 4 is 23.2 Å². The Balaban J connectivity index is 1.40. The number of benzene rings is 2. The first kappa shape index (κ1) is 24.5. The number of hydrogen-bond donors (Lipinski definition) is 2. The Kier molecular flexibility index (Phi) is 7.05. The van der Waals surface area contributed by atoms with Crippen molar-refractivity contribution in [1.82, 2.24) is 15.1 Å². The van der Waals surface area contributed by atoms with E-state index in [4.69, 9.17) is 18.7 Å². The van der Waals surface area contributed by atoms with Crippen LogP contribution in [0.1, 0.15) is 36.9 Å². The monoisotopic (exact) mass is 489 g/mol. The Morgan fingerprint density at radius 3 is 2.17 bits per heavy atom. The molecule has 2 aromatic heterocycles. The van der Waals surface area contributed by atoms with Crippen molar-refractivity contribution in [2.75, 3.05) is 24.9 Å². The molecule has 2 N–H and O–H groups in total. The standard InChI is InChI=1S/C26H27N5O5/c1-26(2,3)20-14-23(31-36-20)35-19-11-9-17(10-12-19)27-24(32)16-7-6-8-18(13-16)28-25-29-21(33-4)15-22(30-25)34-5/h6-15H,1-5H3,(H,27,32)(H,28,29,30). The highest BCUT2D eigenvalue weighted by atomic mass is 16.5. The van der Waals surface area contributed by atoms with Gasteiger partial charge in [0.25, 0.3) is 11.8 Å². The van der Waals surface area contributed by atoms with Gasteiger partial charge in [0.1, 0.15) is 11.5 Å². The van der Waals surface area contributed by atoms with Crippen LogP contribution in [-0.4, -0.2) is 35.3 Å². The van der Waals surface area contributed by atoms with Crippen molar-refractivity contribution in [3.8, 4) is 23.4 Å². The maximum Gasteiger partial charge on any atom is 0.259 e. The number of hydrogen-bond acceptors (Lipinski definition) is 9. The summed E-state index contributed by atoms with van der Waals surface area (Å²) in [5, 5.41) is 9.89. The number of rotatable bonds is 8. The number of nitrogens with one attached hydrogen (secondary N) is 2. The molecule has 4 rings (SSSR count). The second-order valence-electron chi connectivity index (χ2n) is 8.84. The van der Waals surface area contributed by atoms with E-state index in [1.165, 1.54) is 14.2 Å². The summed E-state index contributed by atoms with van der Waals surface area (Å²) >= 11 is 0. The van der Waals surface area contributed by atoms with Crippen molar-refractivity contribution in [1.29, 1.82) is 0 Å². The maximum absolute atomic E-state index is 12.8. The third-order valence-corrected chi connectivity index (χ3v) is 5.04. The second-order valence-corrected chi connectivity index (χ2v) is 8.84. The molecule has 1 amide bonds. The van der Waals surface area contributed by atoms with E-state index >= 15 is 0 Å². The fourth-order valence-electron chi connectivity index (χ4n) is 3.13. The van der Waals surface area contributed by atoms with Crippen LogP contribution in [-0.2, 0) is 5.41 Å². The Bertz CT molecular complexity index is 1320. The zero-order valence-electron chi connectivity index (χ0n) is 20.7. The van der Waals surface area contributed by atoms with E-state index in [2.05, 4.69) is 25.8 Å². The van der Waals surface area contributed by atoms with Crippen molar-refractivity contribution in [2.45, 2.75) is 26.2 Å². The summed E-state index contributed by atoms with van der Waals surface area (Å²) in [4.78, 5) is 21.3. The van der Waals surface area contributed by atoms with E-state index in [0.29, 0.717) is 40.3 Å². The molecular formula is C26H27N5O5. The zero-order valence-corrected chi connectivity index (χ0v) is 20.7. The first-order valence-corrected chi connectivity index (χ1v) is 11.1. The Hall–Kier alpha value is -4.60. The number of anilines is 3. The molecule has 0 spiro atoms. The predicted molar refractivity (Wildman–Crippen MR) is 135 cm³/mol. The fraction of sp³-hybridized carbons (Fsp3) is 0.231. The number of aromatic nitrogens is 3. The lowest BCUT2D eigenvalue weighted by Gasteiger charge is -2.11. The number of amides is 1. The number of carbonyl (C=O) groups excluding carboxylic acids is 1. The van der Waals surface area contributed by atoms with E-state index < -0.39 is 0 Å². The molecule has 0 aliphatic carbocycles. The Morgan fingerprint density at radius 2 is 1.56 bits per heavy atom.